The lowest BCUT2D eigenvalue weighted by Crippen LogP contribution is -2.43. The molecule has 1 aliphatic carbocycles. The number of fused-ring (bicyclic) bond motifs is 1. The van der Waals surface area contributed by atoms with Crippen LogP contribution in [-0.4, -0.2) is 41.9 Å². The van der Waals surface area contributed by atoms with Crippen molar-refractivity contribution in [2.75, 3.05) is 26.7 Å². The van der Waals surface area contributed by atoms with E-state index in [0.717, 1.165) is 36.4 Å². The predicted molar refractivity (Wildman–Crippen MR) is 106 cm³/mol. The smallest absolute Gasteiger partial charge is 0.118 e. The Kier molecular flexibility index (Phi) is 5.22. The summed E-state index contributed by atoms with van der Waals surface area (Å²) in [5.74, 6) is 0.803. The van der Waals surface area contributed by atoms with Gasteiger partial charge in [0.05, 0.1) is 18.8 Å². The summed E-state index contributed by atoms with van der Waals surface area (Å²) >= 11 is 0. The van der Waals surface area contributed by atoms with Crippen LogP contribution in [0.1, 0.15) is 47.6 Å². The second-order valence-corrected chi connectivity index (χ2v) is 7.96. The number of piperidine rings is 1. The summed E-state index contributed by atoms with van der Waals surface area (Å²) in [5.41, 5.74) is 4.02. The normalized spacial score (nSPS) is 20.3. The first-order chi connectivity index (χ1) is 13.1. The number of aliphatic hydroxyl groups excluding tert-OH is 1. The molecule has 2 aliphatic rings. The van der Waals surface area contributed by atoms with Crippen molar-refractivity contribution in [1.82, 2.24) is 4.90 Å². The molecule has 1 heterocycles. The van der Waals surface area contributed by atoms with Crippen LogP contribution in [0.15, 0.2) is 42.5 Å². The van der Waals surface area contributed by atoms with Crippen LogP contribution in [0.25, 0.3) is 0 Å². The van der Waals surface area contributed by atoms with Crippen LogP contribution in [0.2, 0.25) is 0 Å². The molecule has 4 rings (SSSR count). The van der Waals surface area contributed by atoms with Gasteiger partial charge in [-0.15, -0.1) is 0 Å². The Hall–Kier alpha value is -1.88. The summed E-state index contributed by atoms with van der Waals surface area (Å²) in [6.07, 6.45) is 4.41. The van der Waals surface area contributed by atoms with E-state index in [1.165, 1.54) is 24.0 Å². The molecule has 0 amide bonds. The highest BCUT2D eigenvalue weighted by Crippen LogP contribution is 2.34. The maximum absolute atomic E-state index is 11.1. The minimum absolute atomic E-state index is 0.469. The molecule has 4 heteroatoms. The molecule has 2 aromatic rings. The number of likely N-dealkylation sites (tertiary alicyclic amines) is 1. The topological polar surface area (TPSA) is 52.9 Å². The van der Waals surface area contributed by atoms with Crippen molar-refractivity contribution in [3.8, 4) is 5.75 Å². The second-order valence-electron chi connectivity index (χ2n) is 7.96. The van der Waals surface area contributed by atoms with Gasteiger partial charge < -0.3 is 19.8 Å². The van der Waals surface area contributed by atoms with Crippen LogP contribution in [0.4, 0.5) is 0 Å². The molecule has 27 heavy (non-hydrogen) atoms. The van der Waals surface area contributed by atoms with E-state index in [2.05, 4.69) is 23.1 Å². The molecule has 4 nitrogen and oxygen atoms in total. The van der Waals surface area contributed by atoms with E-state index in [0.29, 0.717) is 19.4 Å². The fourth-order valence-electron chi connectivity index (χ4n) is 4.44. The first kappa shape index (κ1) is 18.5. The maximum atomic E-state index is 11.1. The monoisotopic (exact) mass is 367 g/mol. The third kappa shape index (κ3) is 3.88. The Balaban J connectivity index is 1.36. The van der Waals surface area contributed by atoms with Crippen LogP contribution in [0.5, 0.6) is 5.75 Å². The Morgan fingerprint density at radius 2 is 1.74 bits per heavy atom. The van der Waals surface area contributed by atoms with Crippen molar-refractivity contribution in [3.63, 3.8) is 0 Å². The van der Waals surface area contributed by atoms with Gasteiger partial charge >= 0.3 is 0 Å². The van der Waals surface area contributed by atoms with Crippen LogP contribution in [0, 0.1) is 0 Å². The molecule has 2 N–H and O–H groups in total. The highest BCUT2D eigenvalue weighted by Gasteiger charge is 2.34. The third-order valence-corrected chi connectivity index (χ3v) is 6.25. The summed E-state index contributed by atoms with van der Waals surface area (Å²) in [6.45, 7) is 2.19. The van der Waals surface area contributed by atoms with Gasteiger partial charge in [0, 0.05) is 19.6 Å². The molecule has 1 aliphatic heterocycles. The average molecular weight is 367 g/mol. The number of methoxy groups -OCH3 is 1. The lowest BCUT2D eigenvalue weighted by molar-refractivity contribution is -0.0345. The molecule has 0 unspecified atom stereocenters. The molecule has 0 radical (unpaired) electrons. The van der Waals surface area contributed by atoms with Crippen molar-refractivity contribution in [3.05, 3.63) is 64.7 Å². The first-order valence-electron chi connectivity index (χ1n) is 9.96. The molecule has 0 saturated carbocycles. The number of aryl methyl sites for hydroxylation is 2. The van der Waals surface area contributed by atoms with Crippen LogP contribution < -0.4 is 4.74 Å². The SMILES string of the molecule is COc1ccc(C2(O)CCN(C[C@@H](O)c3ccc4c(c3)CCC4)CC2)cc1. The van der Waals surface area contributed by atoms with Crippen molar-refractivity contribution < 1.29 is 14.9 Å². The van der Waals surface area contributed by atoms with E-state index >= 15 is 0 Å². The second kappa shape index (κ2) is 7.63. The lowest BCUT2D eigenvalue weighted by atomic mass is 9.84. The van der Waals surface area contributed by atoms with E-state index in [1.54, 1.807) is 7.11 Å². The minimum Gasteiger partial charge on any atom is -0.497 e. The van der Waals surface area contributed by atoms with E-state index in [1.807, 2.05) is 24.3 Å². The van der Waals surface area contributed by atoms with Crippen molar-refractivity contribution in [1.29, 1.82) is 0 Å². The fourth-order valence-corrected chi connectivity index (χ4v) is 4.44. The summed E-state index contributed by atoms with van der Waals surface area (Å²) in [7, 11) is 1.65. The van der Waals surface area contributed by atoms with Gasteiger partial charge in [-0.05, 0) is 66.5 Å². The van der Waals surface area contributed by atoms with Crippen molar-refractivity contribution in [2.24, 2.45) is 0 Å². The third-order valence-electron chi connectivity index (χ3n) is 6.25. The van der Waals surface area contributed by atoms with Crippen molar-refractivity contribution >= 4 is 0 Å². The highest BCUT2D eigenvalue weighted by atomic mass is 16.5. The summed E-state index contributed by atoms with van der Waals surface area (Å²) in [6, 6.07) is 14.1. The van der Waals surface area contributed by atoms with Crippen LogP contribution in [-0.2, 0) is 18.4 Å². The van der Waals surface area contributed by atoms with E-state index in [9.17, 15) is 10.2 Å². The van der Waals surface area contributed by atoms with Gasteiger partial charge in [-0.25, -0.2) is 0 Å². The number of hydrogen-bond donors (Lipinski definition) is 2. The fraction of sp³-hybridized carbons (Fsp3) is 0.478. The first-order valence-corrected chi connectivity index (χ1v) is 9.96. The van der Waals surface area contributed by atoms with Gasteiger partial charge in [0.25, 0.3) is 0 Å². The van der Waals surface area contributed by atoms with Crippen molar-refractivity contribution in [2.45, 2.75) is 43.8 Å². The molecule has 1 saturated heterocycles. The van der Waals surface area contributed by atoms with Gasteiger partial charge in [0.2, 0.25) is 0 Å². The average Bonchev–Trinajstić information content (AvgIpc) is 3.18. The van der Waals surface area contributed by atoms with Gasteiger partial charge in [-0.3, -0.25) is 0 Å². The predicted octanol–water partition coefficient (Wildman–Crippen LogP) is 3.20. The Bertz CT molecular complexity index is 779. The number of nitrogens with zero attached hydrogens (tertiary/aromatic N) is 1. The van der Waals surface area contributed by atoms with Crippen LogP contribution in [0.3, 0.4) is 0 Å². The molecule has 144 valence electrons. The zero-order valence-electron chi connectivity index (χ0n) is 16.0. The molecule has 0 spiro atoms. The standard InChI is InChI=1S/C23H29NO3/c1-27-21-9-7-20(8-10-21)23(26)11-13-24(14-12-23)16-22(25)19-6-5-17-3-2-4-18(17)15-19/h5-10,15,22,25-26H,2-4,11-14,16H2,1H3/t22-/m1/s1. The van der Waals surface area contributed by atoms with E-state index in [-0.39, 0.29) is 0 Å². The minimum atomic E-state index is -0.790. The van der Waals surface area contributed by atoms with E-state index in [4.69, 9.17) is 4.74 Å². The number of ether oxygens (including phenoxy) is 1. The Morgan fingerprint density at radius 1 is 1.04 bits per heavy atom. The lowest BCUT2D eigenvalue weighted by Gasteiger charge is -2.39. The summed E-state index contributed by atoms with van der Waals surface area (Å²) in [4.78, 5) is 2.26. The maximum Gasteiger partial charge on any atom is 0.118 e. The zero-order chi connectivity index (χ0) is 18.9. The number of β-amino-alcohol motifs (C(OH)–C–C–N with tert-alkyl or cyclic N) is 1. The molecule has 0 bridgehead atoms. The van der Waals surface area contributed by atoms with E-state index < -0.39 is 11.7 Å². The number of benzene rings is 2. The molecule has 0 aromatic heterocycles. The summed E-state index contributed by atoms with van der Waals surface area (Å²) in [5, 5.41) is 21.7. The molecular weight excluding hydrogens is 338 g/mol. The number of aliphatic hydroxyl groups is 2. The Labute approximate surface area is 161 Å². The van der Waals surface area contributed by atoms with Gasteiger partial charge in [0.15, 0.2) is 0 Å². The number of hydrogen-bond acceptors (Lipinski definition) is 4. The largest absolute Gasteiger partial charge is 0.497 e. The molecular formula is C23H29NO3. The molecule has 1 fully saturated rings. The van der Waals surface area contributed by atoms with Gasteiger partial charge in [0.1, 0.15) is 5.75 Å². The van der Waals surface area contributed by atoms with Gasteiger partial charge in [-0.2, -0.15) is 0 Å². The number of rotatable bonds is 5. The summed E-state index contributed by atoms with van der Waals surface area (Å²) < 4.78 is 5.20. The highest BCUT2D eigenvalue weighted by molar-refractivity contribution is 5.36. The quantitative estimate of drug-likeness (QED) is 0.852. The zero-order valence-corrected chi connectivity index (χ0v) is 16.0. The molecule has 1 atom stereocenters. The molecule has 2 aromatic carbocycles. The Morgan fingerprint density at radius 3 is 2.44 bits per heavy atom. The van der Waals surface area contributed by atoms with Gasteiger partial charge in [-0.1, -0.05) is 30.3 Å². The van der Waals surface area contributed by atoms with Crippen LogP contribution >= 0.6 is 0 Å².